The molecule has 0 aliphatic heterocycles. The summed E-state index contributed by atoms with van der Waals surface area (Å²) in [4.78, 5) is 0. The van der Waals surface area contributed by atoms with E-state index in [1.807, 2.05) is 25.1 Å². The SMILES string of the molecule is CCOC.FCc1ccccc1. The van der Waals surface area contributed by atoms with Gasteiger partial charge < -0.3 is 4.74 Å². The van der Waals surface area contributed by atoms with E-state index in [1.54, 1.807) is 19.2 Å². The van der Waals surface area contributed by atoms with Crippen molar-refractivity contribution in [3.63, 3.8) is 0 Å². The molecule has 12 heavy (non-hydrogen) atoms. The standard InChI is InChI=1S/C7H7F.C3H8O/c8-6-7-4-2-1-3-5-7;1-3-4-2/h1-5H,6H2;3H2,1-2H3. The van der Waals surface area contributed by atoms with Crippen LogP contribution in [-0.2, 0) is 11.4 Å². The molecule has 0 radical (unpaired) electrons. The van der Waals surface area contributed by atoms with E-state index in [0.29, 0.717) is 0 Å². The first kappa shape index (κ1) is 11.1. The van der Waals surface area contributed by atoms with Gasteiger partial charge in [-0.2, -0.15) is 0 Å². The molecule has 0 unspecified atom stereocenters. The van der Waals surface area contributed by atoms with Crippen LogP contribution in [0.4, 0.5) is 4.39 Å². The van der Waals surface area contributed by atoms with Gasteiger partial charge in [0, 0.05) is 13.7 Å². The van der Waals surface area contributed by atoms with Crippen molar-refractivity contribution in [2.45, 2.75) is 13.6 Å². The maximum Gasteiger partial charge on any atom is 0.115 e. The van der Waals surface area contributed by atoms with Crippen LogP contribution in [0.15, 0.2) is 30.3 Å². The molecule has 2 heteroatoms. The van der Waals surface area contributed by atoms with Crippen LogP contribution in [0.3, 0.4) is 0 Å². The Bertz CT molecular complexity index is 172. The van der Waals surface area contributed by atoms with Gasteiger partial charge in [0.25, 0.3) is 0 Å². The number of rotatable bonds is 2. The monoisotopic (exact) mass is 170 g/mol. The fourth-order valence-corrected chi connectivity index (χ4v) is 0.567. The molecule has 0 amide bonds. The first-order valence-corrected chi connectivity index (χ1v) is 3.94. The molecule has 1 rings (SSSR count). The number of halogens is 1. The van der Waals surface area contributed by atoms with E-state index in [-0.39, 0.29) is 6.67 Å². The molecule has 0 aromatic heterocycles. The van der Waals surface area contributed by atoms with E-state index in [4.69, 9.17) is 0 Å². The van der Waals surface area contributed by atoms with Crippen molar-refractivity contribution in [3.05, 3.63) is 35.9 Å². The highest BCUT2D eigenvalue weighted by atomic mass is 19.1. The third-order valence-corrected chi connectivity index (χ3v) is 1.29. The number of alkyl halides is 1. The Labute approximate surface area is 73.2 Å². The van der Waals surface area contributed by atoms with Crippen molar-refractivity contribution in [2.75, 3.05) is 13.7 Å². The van der Waals surface area contributed by atoms with Gasteiger partial charge in [0.05, 0.1) is 0 Å². The first-order valence-electron chi connectivity index (χ1n) is 3.94. The number of hydrogen-bond donors (Lipinski definition) is 0. The smallest absolute Gasteiger partial charge is 0.115 e. The zero-order valence-electron chi connectivity index (χ0n) is 7.59. The third-order valence-electron chi connectivity index (χ3n) is 1.29. The Morgan fingerprint density at radius 3 is 2.00 bits per heavy atom. The number of methoxy groups -OCH3 is 1. The Kier molecular flexibility index (Phi) is 7.60. The van der Waals surface area contributed by atoms with Gasteiger partial charge in [0.2, 0.25) is 0 Å². The number of benzene rings is 1. The summed E-state index contributed by atoms with van der Waals surface area (Å²) in [5, 5.41) is 0. The van der Waals surface area contributed by atoms with E-state index in [2.05, 4.69) is 4.74 Å². The molecular weight excluding hydrogens is 155 g/mol. The molecule has 0 fully saturated rings. The van der Waals surface area contributed by atoms with Crippen molar-refractivity contribution in [1.82, 2.24) is 0 Å². The minimum atomic E-state index is -0.360. The van der Waals surface area contributed by atoms with Gasteiger partial charge in [-0.25, -0.2) is 4.39 Å². The molecule has 1 nitrogen and oxygen atoms in total. The second-order valence-electron chi connectivity index (χ2n) is 2.20. The minimum Gasteiger partial charge on any atom is -0.385 e. The molecule has 0 N–H and O–H groups in total. The van der Waals surface area contributed by atoms with E-state index in [9.17, 15) is 4.39 Å². The summed E-state index contributed by atoms with van der Waals surface area (Å²) >= 11 is 0. The van der Waals surface area contributed by atoms with Crippen LogP contribution in [-0.4, -0.2) is 13.7 Å². The molecule has 0 heterocycles. The maximum absolute atomic E-state index is 11.7. The molecule has 0 aliphatic rings. The summed E-state index contributed by atoms with van der Waals surface area (Å²) in [6.07, 6.45) is 0. The van der Waals surface area contributed by atoms with Crippen LogP contribution in [0.2, 0.25) is 0 Å². The lowest BCUT2D eigenvalue weighted by molar-refractivity contribution is 0.215. The zero-order valence-corrected chi connectivity index (χ0v) is 7.59. The summed E-state index contributed by atoms with van der Waals surface area (Å²) in [6.45, 7) is 2.42. The summed E-state index contributed by atoms with van der Waals surface area (Å²) in [5.41, 5.74) is 0.743. The predicted octanol–water partition coefficient (Wildman–Crippen LogP) is 2.81. The molecule has 1 aromatic rings. The van der Waals surface area contributed by atoms with Crippen LogP contribution in [0.25, 0.3) is 0 Å². The van der Waals surface area contributed by atoms with Crippen LogP contribution < -0.4 is 0 Å². The maximum atomic E-state index is 11.7. The van der Waals surface area contributed by atoms with E-state index < -0.39 is 0 Å². The lowest BCUT2D eigenvalue weighted by Gasteiger charge is -1.87. The van der Waals surface area contributed by atoms with E-state index in [1.165, 1.54) is 0 Å². The Morgan fingerprint density at radius 1 is 1.25 bits per heavy atom. The lowest BCUT2D eigenvalue weighted by Crippen LogP contribution is -1.73. The van der Waals surface area contributed by atoms with Crippen molar-refractivity contribution in [1.29, 1.82) is 0 Å². The zero-order chi connectivity index (χ0) is 9.23. The van der Waals surface area contributed by atoms with Crippen LogP contribution in [0.5, 0.6) is 0 Å². The second kappa shape index (κ2) is 8.21. The van der Waals surface area contributed by atoms with Gasteiger partial charge in [0.15, 0.2) is 0 Å². The van der Waals surface area contributed by atoms with Gasteiger partial charge in [0.1, 0.15) is 6.67 Å². The van der Waals surface area contributed by atoms with Crippen molar-refractivity contribution in [3.8, 4) is 0 Å². The van der Waals surface area contributed by atoms with Gasteiger partial charge >= 0.3 is 0 Å². The average molecular weight is 170 g/mol. The average Bonchev–Trinajstić information content (AvgIpc) is 2.19. The Morgan fingerprint density at radius 2 is 1.75 bits per heavy atom. The van der Waals surface area contributed by atoms with E-state index >= 15 is 0 Å². The van der Waals surface area contributed by atoms with Crippen molar-refractivity contribution < 1.29 is 9.13 Å². The fraction of sp³-hybridized carbons (Fsp3) is 0.400. The molecular formula is C10H15FO. The highest BCUT2D eigenvalue weighted by Crippen LogP contribution is 1.98. The summed E-state index contributed by atoms with van der Waals surface area (Å²) in [6, 6.07) is 9.06. The van der Waals surface area contributed by atoms with Crippen LogP contribution in [0.1, 0.15) is 12.5 Å². The summed E-state index contributed by atoms with van der Waals surface area (Å²) in [7, 11) is 1.68. The number of hydrogen-bond acceptors (Lipinski definition) is 1. The van der Waals surface area contributed by atoms with E-state index in [0.717, 1.165) is 12.2 Å². The van der Waals surface area contributed by atoms with Crippen LogP contribution in [0, 0.1) is 0 Å². The normalized spacial score (nSPS) is 8.58. The molecule has 0 bridgehead atoms. The van der Waals surface area contributed by atoms with Gasteiger partial charge in [-0.1, -0.05) is 30.3 Å². The Hall–Kier alpha value is -0.890. The highest BCUT2D eigenvalue weighted by Gasteiger charge is 1.82. The highest BCUT2D eigenvalue weighted by molar-refractivity contribution is 5.13. The molecule has 0 aliphatic carbocycles. The molecule has 0 saturated carbocycles. The van der Waals surface area contributed by atoms with Gasteiger partial charge in [-0.3, -0.25) is 0 Å². The van der Waals surface area contributed by atoms with Crippen molar-refractivity contribution >= 4 is 0 Å². The molecule has 0 atom stereocenters. The molecule has 0 spiro atoms. The lowest BCUT2D eigenvalue weighted by atomic mass is 10.2. The summed E-state index contributed by atoms with van der Waals surface area (Å²) < 4.78 is 16.3. The minimum absolute atomic E-state index is 0.360. The molecule has 0 saturated heterocycles. The fourth-order valence-electron chi connectivity index (χ4n) is 0.567. The van der Waals surface area contributed by atoms with Crippen molar-refractivity contribution in [2.24, 2.45) is 0 Å². The predicted molar refractivity (Wildman–Crippen MR) is 48.8 cm³/mol. The number of ether oxygens (including phenoxy) is 1. The summed E-state index contributed by atoms with van der Waals surface area (Å²) in [5.74, 6) is 0. The second-order valence-corrected chi connectivity index (χ2v) is 2.20. The Balaban J connectivity index is 0.000000261. The third kappa shape index (κ3) is 5.86. The van der Waals surface area contributed by atoms with Crippen LogP contribution >= 0.6 is 0 Å². The molecule has 1 aromatic carbocycles. The quantitative estimate of drug-likeness (QED) is 0.663. The van der Waals surface area contributed by atoms with Gasteiger partial charge in [-0.05, 0) is 12.5 Å². The largest absolute Gasteiger partial charge is 0.385 e. The molecule has 68 valence electrons. The first-order chi connectivity index (χ1) is 5.85. The van der Waals surface area contributed by atoms with Gasteiger partial charge in [-0.15, -0.1) is 0 Å². The topological polar surface area (TPSA) is 9.23 Å².